The van der Waals surface area contributed by atoms with Gasteiger partial charge in [0.2, 0.25) is 0 Å². The Balaban J connectivity index is 2.04. The van der Waals surface area contributed by atoms with Crippen LogP contribution in [0.5, 0.6) is 17.2 Å². The van der Waals surface area contributed by atoms with Crippen LogP contribution in [0.2, 0.25) is 0 Å². The predicted octanol–water partition coefficient (Wildman–Crippen LogP) is 6.08. The maximum atomic E-state index is 12.0. The van der Waals surface area contributed by atoms with Crippen LogP contribution in [0.4, 0.5) is 0 Å². The normalized spacial score (nSPS) is 10.9. The van der Waals surface area contributed by atoms with E-state index >= 15 is 0 Å². The largest absolute Gasteiger partial charge is 0.504 e. The molecule has 0 aliphatic carbocycles. The van der Waals surface area contributed by atoms with Gasteiger partial charge in [0.15, 0.2) is 23.0 Å². The lowest BCUT2D eigenvalue weighted by Gasteiger charge is -2.06. The van der Waals surface area contributed by atoms with Crippen LogP contribution < -0.4 is 0 Å². The van der Waals surface area contributed by atoms with Gasteiger partial charge in [-0.2, -0.15) is 0 Å². The van der Waals surface area contributed by atoms with E-state index in [-0.39, 0.29) is 11.3 Å². The molecule has 0 aliphatic heterocycles. The van der Waals surface area contributed by atoms with Gasteiger partial charge in [0.05, 0.1) is 0 Å². The number of rotatable bonds is 14. The Bertz CT molecular complexity index is 488. The third kappa shape index (κ3) is 8.80. The first-order valence-corrected chi connectivity index (χ1v) is 9.84. The van der Waals surface area contributed by atoms with Crippen LogP contribution in [0, 0.1) is 0 Å². The molecule has 3 N–H and O–H groups in total. The quantitative estimate of drug-likeness (QED) is 0.216. The van der Waals surface area contributed by atoms with Crippen molar-refractivity contribution in [1.82, 2.24) is 0 Å². The van der Waals surface area contributed by atoms with Gasteiger partial charge >= 0.3 is 0 Å². The van der Waals surface area contributed by atoms with Gasteiger partial charge in [-0.25, -0.2) is 0 Å². The van der Waals surface area contributed by atoms with Gasteiger partial charge < -0.3 is 15.3 Å². The Morgan fingerprint density at radius 2 is 1.12 bits per heavy atom. The van der Waals surface area contributed by atoms with E-state index in [1.165, 1.54) is 69.9 Å². The molecule has 0 atom stereocenters. The van der Waals surface area contributed by atoms with Crippen LogP contribution in [0.3, 0.4) is 0 Å². The zero-order valence-electron chi connectivity index (χ0n) is 15.6. The molecule has 4 nitrogen and oxygen atoms in total. The van der Waals surface area contributed by atoms with Crippen molar-refractivity contribution in [1.29, 1.82) is 0 Å². The van der Waals surface area contributed by atoms with Crippen LogP contribution in [0.15, 0.2) is 12.1 Å². The van der Waals surface area contributed by atoms with Gasteiger partial charge in [0, 0.05) is 12.0 Å². The summed E-state index contributed by atoms with van der Waals surface area (Å²) in [5.74, 6) is -1.62. The van der Waals surface area contributed by atoms with E-state index in [0.717, 1.165) is 19.3 Å². The number of hydrogen-bond acceptors (Lipinski definition) is 4. The fraction of sp³-hybridized carbons (Fsp3) is 0.667. The third-order valence-corrected chi connectivity index (χ3v) is 4.65. The van der Waals surface area contributed by atoms with Crippen molar-refractivity contribution < 1.29 is 20.1 Å². The summed E-state index contributed by atoms with van der Waals surface area (Å²) in [7, 11) is 0. The standard InChI is InChI=1S/C21H34O4/c1-2-3-4-5-6-7-8-9-10-11-12-13-14-18(22)17-15-19(23)21(25)20(24)16-17/h15-16,23-25H,2-14H2,1H3. The molecule has 0 unspecified atom stereocenters. The third-order valence-electron chi connectivity index (χ3n) is 4.65. The molecule has 25 heavy (non-hydrogen) atoms. The van der Waals surface area contributed by atoms with Gasteiger partial charge in [-0.15, -0.1) is 0 Å². The van der Waals surface area contributed by atoms with Crippen molar-refractivity contribution in [3.8, 4) is 17.2 Å². The summed E-state index contributed by atoms with van der Waals surface area (Å²) < 4.78 is 0. The first-order valence-electron chi connectivity index (χ1n) is 9.84. The molecule has 0 aliphatic rings. The Morgan fingerprint density at radius 1 is 0.720 bits per heavy atom. The van der Waals surface area contributed by atoms with E-state index in [2.05, 4.69) is 6.92 Å². The lowest BCUT2D eigenvalue weighted by molar-refractivity contribution is 0.0978. The number of unbranched alkanes of at least 4 members (excludes halogenated alkanes) is 11. The highest BCUT2D eigenvalue weighted by molar-refractivity contribution is 5.97. The fourth-order valence-corrected chi connectivity index (χ4v) is 3.04. The summed E-state index contributed by atoms with van der Waals surface area (Å²) in [6, 6.07) is 2.41. The van der Waals surface area contributed by atoms with Gasteiger partial charge in [-0.3, -0.25) is 4.79 Å². The molecule has 1 rings (SSSR count). The smallest absolute Gasteiger partial charge is 0.200 e. The van der Waals surface area contributed by atoms with E-state index in [1.807, 2.05) is 0 Å². The topological polar surface area (TPSA) is 77.8 Å². The summed E-state index contributed by atoms with van der Waals surface area (Å²) in [6.07, 6.45) is 15.3. The van der Waals surface area contributed by atoms with Crippen LogP contribution in [0.1, 0.15) is 101 Å². The number of phenolic OH excluding ortho intramolecular Hbond substituents is 3. The first kappa shape index (κ1) is 21.3. The summed E-state index contributed by atoms with van der Waals surface area (Å²) in [6.45, 7) is 2.24. The van der Waals surface area contributed by atoms with Gasteiger partial charge in [-0.1, -0.05) is 77.6 Å². The number of phenols is 3. The first-order chi connectivity index (χ1) is 12.1. The molecule has 4 heteroatoms. The zero-order chi connectivity index (χ0) is 18.5. The molecule has 0 heterocycles. The summed E-state index contributed by atoms with van der Waals surface area (Å²) >= 11 is 0. The number of benzene rings is 1. The highest BCUT2D eigenvalue weighted by Crippen LogP contribution is 2.35. The van der Waals surface area contributed by atoms with Gasteiger partial charge in [-0.05, 0) is 18.6 Å². The summed E-state index contributed by atoms with van der Waals surface area (Å²) in [4.78, 5) is 12.0. The molecule has 0 aromatic heterocycles. The Labute approximate surface area is 151 Å². The van der Waals surface area contributed by atoms with Crippen LogP contribution in [-0.2, 0) is 0 Å². The minimum absolute atomic E-state index is 0.113. The number of carbonyl (C=O) groups is 1. The molecule has 0 saturated carbocycles. The van der Waals surface area contributed by atoms with Gasteiger partial charge in [0.25, 0.3) is 0 Å². The number of ketones is 1. The molecule has 0 fully saturated rings. The van der Waals surface area contributed by atoms with Crippen molar-refractivity contribution in [3.05, 3.63) is 17.7 Å². The highest BCUT2D eigenvalue weighted by Gasteiger charge is 2.13. The van der Waals surface area contributed by atoms with Crippen molar-refractivity contribution >= 4 is 5.78 Å². The number of hydrogen-bond donors (Lipinski definition) is 3. The number of aromatic hydroxyl groups is 3. The van der Waals surface area contributed by atoms with Crippen molar-refractivity contribution in [2.45, 2.75) is 90.4 Å². The molecule has 0 bridgehead atoms. The lowest BCUT2D eigenvalue weighted by atomic mass is 10.0. The zero-order valence-corrected chi connectivity index (χ0v) is 15.6. The fourth-order valence-electron chi connectivity index (χ4n) is 3.04. The second kappa shape index (κ2) is 12.6. The van der Waals surface area contributed by atoms with E-state index in [4.69, 9.17) is 0 Å². The molecule has 1 aromatic carbocycles. The number of Topliss-reactive ketones (excluding diaryl/α,β-unsaturated/α-hetero) is 1. The minimum Gasteiger partial charge on any atom is -0.504 e. The molecule has 0 radical (unpaired) electrons. The molecule has 142 valence electrons. The molecular formula is C21H34O4. The Kier molecular flexibility index (Phi) is 10.8. The van der Waals surface area contributed by atoms with E-state index in [9.17, 15) is 20.1 Å². The maximum absolute atomic E-state index is 12.0. The molecule has 1 aromatic rings. The SMILES string of the molecule is CCCCCCCCCCCCCCC(=O)c1cc(O)c(O)c(O)c1. The van der Waals surface area contributed by atoms with Crippen molar-refractivity contribution in [3.63, 3.8) is 0 Å². The molecule has 0 amide bonds. The van der Waals surface area contributed by atoms with E-state index < -0.39 is 17.2 Å². The average Bonchev–Trinajstić information content (AvgIpc) is 2.60. The van der Waals surface area contributed by atoms with Crippen molar-refractivity contribution in [2.24, 2.45) is 0 Å². The second-order valence-corrected chi connectivity index (χ2v) is 6.93. The highest BCUT2D eigenvalue weighted by atomic mass is 16.3. The van der Waals surface area contributed by atoms with Crippen molar-refractivity contribution in [2.75, 3.05) is 0 Å². The van der Waals surface area contributed by atoms with Crippen LogP contribution in [0.25, 0.3) is 0 Å². The lowest BCUT2D eigenvalue weighted by Crippen LogP contribution is -1.99. The number of carbonyl (C=O) groups excluding carboxylic acids is 1. The predicted molar refractivity (Wildman–Crippen MR) is 101 cm³/mol. The van der Waals surface area contributed by atoms with Crippen LogP contribution >= 0.6 is 0 Å². The maximum Gasteiger partial charge on any atom is 0.200 e. The monoisotopic (exact) mass is 350 g/mol. The molecule has 0 spiro atoms. The van der Waals surface area contributed by atoms with Crippen LogP contribution in [-0.4, -0.2) is 21.1 Å². The van der Waals surface area contributed by atoms with E-state index in [0.29, 0.717) is 6.42 Å². The molecule has 0 saturated heterocycles. The summed E-state index contributed by atoms with van der Waals surface area (Å²) in [5.41, 5.74) is 0.246. The van der Waals surface area contributed by atoms with E-state index in [1.54, 1.807) is 0 Å². The van der Waals surface area contributed by atoms with Gasteiger partial charge in [0.1, 0.15) is 0 Å². The second-order valence-electron chi connectivity index (χ2n) is 6.93. The average molecular weight is 350 g/mol. The Morgan fingerprint density at radius 3 is 1.56 bits per heavy atom. The Hall–Kier alpha value is -1.71. The molecular weight excluding hydrogens is 316 g/mol. The minimum atomic E-state index is -0.582. The summed E-state index contributed by atoms with van der Waals surface area (Å²) in [5, 5.41) is 28.2.